The standard InChI is InChI=1S/C17H11ClF3N3O/c18-12-5-3-4-10-8-23(9-11(10)12)15(25)14-13-6-1-2-7-24(13)16(22-14)17(19,20)21/h1-7H,8-9H2. The molecule has 3 heterocycles. The van der Waals surface area contributed by atoms with Crippen LogP contribution in [0.25, 0.3) is 5.52 Å². The normalized spacial score (nSPS) is 14.2. The predicted octanol–water partition coefficient (Wildman–Crippen LogP) is 4.16. The number of carbonyl (C=O) groups excluding carboxylic acids is 1. The highest BCUT2D eigenvalue weighted by atomic mass is 35.5. The fourth-order valence-corrected chi connectivity index (χ4v) is 3.32. The Morgan fingerprint density at radius 2 is 1.92 bits per heavy atom. The lowest BCUT2D eigenvalue weighted by molar-refractivity contribution is -0.145. The van der Waals surface area contributed by atoms with Crippen molar-refractivity contribution in [3.63, 3.8) is 0 Å². The Hall–Kier alpha value is -2.54. The molecule has 0 aliphatic carbocycles. The number of nitrogens with zero attached hydrogens (tertiary/aromatic N) is 3. The summed E-state index contributed by atoms with van der Waals surface area (Å²) in [6.45, 7) is 0.545. The van der Waals surface area contributed by atoms with E-state index in [1.54, 1.807) is 18.2 Å². The van der Waals surface area contributed by atoms with Crippen LogP contribution in [0.4, 0.5) is 13.2 Å². The lowest BCUT2D eigenvalue weighted by Gasteiger charge is -2.14. The molecule has 0 bridgehead atoms. The van der Waals surface area contributed by atoms with E-state index in [2.05, 4.69) is 4.98 Å². The number of benzene rings is 1. The van der Waals surface area contributed by atoms with Gasteiger partial charge in [0.1, 0.15) is 0 Å². The number of pyridine rings is 1. The molecule has 1 amide bonds. The topological polar surface area (TPSA) is 37.6 Å². The number of hydrogen-bond acceptors (Lipinski definition) is 2. The maximum absolute atomic E-state index is 13.2. The van der Waals surface area contributed by atoms with Crippen molar-refractivity contribution >= 4 is 23.0 Å². The molecule has 0 unspecified atom stereocenters. The average molecular weight is 366 g/mol. The van der Waals surface area contributed by atoms with Gasteiger partial charge in [0, 0.05) is 24.3 Å². The first-order chi connectivity index (χ1) is 11.9. The Balaban J connectivity index is 1.76. The van der Waals surface area contributed by atoms with E-state index in [1.807, 2.05) is 6.07 Å². The van der Waals surface area contributed by atoms with Gasteiger partial charge in [0.05, 0.1) is 5.52 Å². The summed E-state index contributed by atoms with van der Waals surface area (Å²) in [5, 5.41) is 0.540. The van der Waals surface area contributed by atoms with E-state index in [0.717, 1.165) is 15.5 Å². The molecule has 4 nitrogen and oxygen atoms in total. The molecule has 3 aromatic rings. The Morgan fingerprint density at radius 1 is 1.12 bits per heavy atom. The molecular formula is C17H11ClF3N3O. The minimum Gasteiger partial charge on any atom is -0.329 e. The summed E-state index contributed by atoms with van der Waals surface area (Å²) < 4.78 is 40.5. The quantitative estimate of drug-likeness (QED) is 0.649. The third kappa shape index (κ3) is 2.55. The van der Waals surface area contributed by atoms with Crippen LogP contribution < -0.4 is 0 Å². The first-order valence-corrected chi connectivity index (χ1v) is 7.84. The minimum atomic E-state index is -4.65. The monoisotopic (exact) mass is 365 g/mol. The fraction of sp³-hybridized carbons (Fsp3) is 0.176. The molecule has 8 heteroatoms. The van der Waals surface area contributed by atoms with E-state index in [9.17, 15) is 18.0 Å². The Morgan fingerprint density at radius 3 is 2.64 bits per heavy atom. The van der Waals surface area contributed by atoms with Crippen LogP contribution in [0.15, 0.2) is 42.6 Å². The summed E-state index contributed by atoms with van der Waals surface area (Å²) in [6, 6.07) is 9.84. The molecule has 0 spiro atoms. The van der Waals surface area contributed by atoms with Gasteiger partial charge >= 0.3 is 6.18 Å². The molecule has 1 aliphatic heterocycles. The maximum Gasteiger partial charge on any atom is 0.450 e. The lowest BCUT2D eigenvalue weighted by Crippen LogP contribution is -2.26. The van der Waals surface area contributed by atoms with Gasteiger partial charge in [0.2, 0.25) is 5.82 Å². The zero-order valence-corrected chi connectivity index (χ0v) is 13.5. The molecule has 1 aromatic carbocycles. The van der Waals surface area contributed by atoms with Gasteiger partial charge in [-0.05, 0) is 29.3 Å². The van der Waals surface area contributed by atoms with Gasteiger partial charge in [0.25, 0.3) is 5.91 Å². The number of alkyl halides is 3. The van der Waals surface area contributed by atoms with Crippen LogP contribution in [0.5, 0.6) is 0 Å². The number of aromatic nitrogens is 2. The summed E-state index contributed by atoms with van der Waals surface area (Å²) in [4.78, 5) is 17.9. The van der Waals surface area contributed by atoms with E-state index >= 15 is 0 Å². The van der Waals surface area contributed by atoms with E-state index in [4.69, 9.17) is 11.6 Å². The number of carbonyl (C=O) groups is 1. The van der Waals surface area contributed by atoms with Crippen LogP contribution in [0.1, 0.15) is 27.4 Å². The van der Waals surface area contributed by atoms with Crippen molar-refractivity contribution in [1.29, 1.82) is 0 Å². The lowest BCUT2D eigenvalue weighted by atomic mass is 10.1. The predicted molar refractivity (Wildman–Crippen MR) is 85.2 cm³/mol. The van der Waals surface area contributed by atoms with Crippen molar-refractivity contribution in [2.24, 2.45) is 0 Å². The highest BCUT2D eigenvalue weighted by Gasteiger charge is 2.39. The highest BCUT2D eigenvalue weighted by Crippen LogP contribution is 2.33. The van der Waals surface area contributed by atoms with E-state index < -0.39 is 17.9 Å². The molecule has 0 atom stereocenters. The summed E-state index contributed by atoms with van der Waals surface area (Å²) in [5.41, 5.74) is 1.62. The Kier molecular flexibility index (Phi) is 3.50. The molecule has 25 heavy (non-hydrogen) atoms. The third-order valence-electron chi connectivity index (χ3n) is 4.22. The van der Waals surface area contributed by atoms with Crippen LogP contribution in [0.3, 0.4) is 0 Å². The van der Waals surface area contributed by atoms with Crippen molar-refractivity contribution in [2.75, 3.05) is 0 Å². The number of imidazole rings is 1. The maximum atomic E-state index is 13.2. The first kappa shape index (κ1) is 16.0. The zero-order valence-electron chi connectivity index (χ0n) is 12.7. The molecule has 0 saturated carbocycles. The van der Waals surface area contributed by atoms with Crippen molar-refractivity contribution < 1.29 is 18.0 Å². The molecule has 0 N–H and O–H groups in total. The fourth-order valence-electron chi connectivity index (χ4n) is 3.07. The molecule has 4 rings (SSSR count). The van der Waals surface area contributed by atoms with Crippen LogP contribution in [-0.2, 0) is 19.3 Å². The van der Waals surface area contributed by atoms with Crippen molar-refractivity contribution in [3.05, 3.63) is 70.3 Å². The molecule has 0 saturated heterocycles. The number of fused-ring (bicyclic) bond motifs is 2. The minimum absolute atomic E-state index is 0.127. The van der Waals surface area contributed by atoms with Crippen molar-refractivity contribution in [3.8, 4) is 0 Å². The Labute approximate surface area is 145 Å². The second kappa shape index (κ2) is 5.49. The van der Waals surface area contributed by atoms with Crippen LogP contribution >= 0.6 is 11.6 Å². The largest absolute Gasteiger partial charge is 0.450 e. The van der Waals surface area contributed by atoms with Gasteiger partial charge in [-0.25, -0.2) is 4.98 Å². The van der Waals surface area contributed by atoms with Gasteiger partial charge in [-0.3, -0.25) is 9.20 Å². The molecule has 1 aliphatic rings. The average Bonchev–Trinajstić information content (AvgIpc) is 3.16. The molecule has 2 aromatic heterocycles. The van der Waals surface area contributed by atoms with Gasteiger partial charge in [0.15, 0.2) is 5.69 Å². The summed E-state index contributed by atoms with van der Waals surface area (Å²) in [7, 11) is 0. The Bertz CT molecular complexity index is 996. The number of halogens is 4. The van der Waals surface area contributed by atoms with Crippen molar-refractivity contribution in [1.82, 2.24) is 14.3 Å². The summed E-state index contributed by atoms with van der Waals surface area (Å²) in [5.74, 6) is -1.66. The molecule has 0 radical (unpaired) electrons. The summed E-state index contributed by atoms with van der Waals surface area (Å²) in [6.07, 6.45) is -3.41. The van der Waals surface area contributed by atoms with Gasteiger partial charge < -0.3 is 4.90 Å². The second-order valence-corrected chi connectivity index (χ2v) is 6.18. The van der Waals surface area contributed by atoms with Crippen molar-refractivity contribution in [2.45, 2.75) is 19.3 Å². The van der Waals surface area contributed by atoms with Crippen LogP contribution in [0, 0.1) is 0 Å². The smallest absolute Gasteiger partial charge is 0.329 e. The van der Waals surface area contributed by atoms with Gasteiger partial charge in [-0.2, -0.15) is 13.2 Å². The zero-order chi connectivity index (χ0) is 17.8. The third-order valence-corrected chi connectivity index (χ3v) is 4.57. The molecule has 0 fully saturated rings. The van der Waals surface area contributed by atoms with E-state index in [0.29, 0.717) is 11.6 Å². The van der Waals surface area contributed by atoms with E-state index in [1.165, 1.54) is 23.2 Å². The number of rotatable bonds is 1. The second-order valence-electron chi connectivity index (χ2n) is 5.78. The molecular weight excluding hydrogens is 355 g/mol. The van der Waals surface area contributed by atoms with Gasteiger partial charge in [-0.1, -0.05) is 29.8 Å². The first-order valence-electron chi connectivity index (χ1n) is 7.46. The van der Waals surface area contributed by atoms with Crippen LogP contribution in [0.2, 0.25) is 5.02 Å². The SMILES string of the molecule is O=C(c1nc(C(F)(F)F)n2ccccc12)N1Cc2cccc(Cl)c2C1. The number of hydrogen-bond donors (Lipinski definition) is 0. The number of amides is 1. The highest BCUT2D eigenvalue weighted by molar-refractivity contribution is 6.31. The van der Waals surface area contributed by atoms with E-state index in [-0.39, 0.29) is 17.8 Å². The molecule has 128 valence electrons. The summed E-state index contributed by atoms with van der Waals surface area (Å²) >= 11 is 6.14. The van der Waals surface area contributed by atoms with Crippen LogP contribution in [-0.4, -0.2) is 20.2 Å². The van der Waals surface area contributed by atoms with Gasteiger partial charge in [-0.15, -0.1) is 0 Å².